The molecule has 1 aromatic heterocycles. The molecule has 3 aromatic rings. The fourth-order valence-electron chi connectivity index (χ4n) is 2.41. The summed E-state index contributed by atoms with van der Waals surface area (Å²) in [5, 5.41) is 0.0263. The third kappa shape index (κ3) is 3.80. The molecule has 0 saturated heterocycles. The summed E-state index contributed by atoms with van der Waals surface area (Å²) in [6.45, 7) is 1.85. The van der Waals surface area contributed by atoms with E-state index in [-0.39, 0.29) is 10.3 Å². The summed E-state index contributed by atoms with van der Waals surface area (Å²) < 4.78 is 79.2. The third-order valence-electron chi connectivity index (χ3n) is 3.65. The molecule has 0 fully saturated rings. The second kappa shape index (κ2) is 6.50. The van der Waals surface area contributed by atoms with Crippen molar-refractivity contribution in [3.63, 3.8) is 0 Å². The van der Waals surface area contributed by atoms with Gasteiger partial charge in [-0.25, -0.2) is 4.98 Å². The molecule has 0 radical (unpaired) electrons. The summed E-state index contributed by atoms with van der Waals surface area (Å²) in [7, 11) is 0. The first-order chi connectivity index (χ1) is 12.1. The number of halogens is 6. The van der Waals surface area contributed by atoms with Gasteiger partial charge < -0.3 is 0 Å². The lowest BCUT2D eigenvalue weighted by Crippen LogP contribution is -2.12. The van der Waals surface area contributed by atoms with E-state index in [0.29, 0.717) is 4.90 Å². The van der Waals surface area contributed by atoms with Gasteiger partial charge in [-0.15, -0.1) is 0 Å². The van der Waals surface area contributed by atoms with Gasteiger partial charge in [0.15, 0.2) is 0 Å². The van der Waals surface area contributed by atoms with Crippen molar-refractivity contribution < 1.29 is 26.3 Å². The van der Waals surface area contributed by atoms with Gasteiger partial charge in [0.05, 0.1) is 11.1 Å². The van der Waals surface area contributed by atoms with Gasteiger partial charge in [-0.05, 0) is 31.2 Å². The number of para-hydroxylation sites is 1. The summed E-state index contributed by atoms with van der Waals surface area (Å²) in [5.41, 5.74) is -2.28. The Labute approximate surface area is 149 Å². The average molecular weight is 387 g/mol. The molecule has 8 heteroatoms. The van der Waals surface area contributed by atoms with Crippen LogP contribution >= 0.6 is 11.8 Å². The highest BCUT2D eigenvalue weighted by Gasteiger charge is 2.37. The van der Waals surface area contributed by atoms with E-state index in [1.54, 1.807) is 24.3 Å². The van der Waals surface area contributed by atoms with Crippen LogP contribution in [0.4, 0.5) is 26.3 Å². The zero-order valence-corrected chi connectivity index (χ0v) is 14.1. The van der Waals surface area contributed by atoms with Crippen LogP contribution in [0.2, 0.25) is 0 Å². The monoisotopic (exact) mass is 387 g/mol. The van der Waals surface area contributed by atoms with Crippen LogP contribution in [0.15, 0.2) is 58.3 Å². The Morgan fingerprint density at radius 1 is 0.846 bits per heavy atom. The number of fused-ring (bicyclic) bond motifs is 1. The molecule has 2 aromatic carbocycles. The first-order valence-electron chi connectivity index (χ1n) is 7.38. The summed E-state index contributed by atoms with van der Waals surface area (Å²) >= 11 is 0.968. The van der Waals surface area contributed by atoms with Gasteiger partial charge in [-0.3, -0.25) is 0 Å². The molecule has 3 rings (SSSR count). The van der Waals surface area contributed by atoms with E-state index in [1.165, 1.54) is 12.1 Å². The summed E-state index contributed by atoms with van der Waals surface area (Å²) in [4.78, 5) is 3.96. The first kappa shape index (κ1) is 18.6. The van der Waals surface area contributed by atoms with Crippen LogP contribution in [0.3, 0.4) is 0 Å². The Balaban J connectivity index is 2.25. The lowest BCUT2D eigenvalue weighted by atomic mass is 10.1. The highest BCUT2D eigenvalue weighted by molar-refractivity contribution is 7.99. The number of pyridine rings is 1. The van der Waals surface area contributed by atoms with Crippen molar-refractivity contribution in [2.45, 2.75) is 29.1 Å². The van der Waals surface area contributed by atoms with E-state index in [9.17, 15) is 26.3 Å². The normalized spacial score (nSPS) is 12.6. The van der Waals surface area contributed by atoms with E-state index in [2.05, 4.69) is 4.98 Å². The second-order valence-electron chi connectivity index (χ2n) is 5.62. The molecule has 0 aliphatic carbocycles. The van der Waals surface area contributed by atoms with Crippen molar-refractivity contribution in [2.75, 3.05) is 0 Å². The second-order valence-corrected chi connectivity index (χ2v) is 6.73. The first-order valence-corrected chi connectivity index (χ1v) is 8.20. The van der Waals surface area contributed by atoms with Crippen LogP contribution < -0.4 is 0 Å². The maximum absolute atomic E-state index is 13.2. The molecule has 0 saturated carbocycles. The number of aromatic nitrogens is 1. The molecular weight excluding hydrogens is 376 g/mol. The van der Waals surface area contributed by atoms with Crippen molar-refractivity contribution in [2.24, 2.45) is 0 Å². The zero-order chi connectivity index (χ0) is 19.1. The Morgan fingerprint density at radius 3 is 2.08 bits per heavy atom. The lowest BCUT2D eigenvalue weighted by molar-refractivity contribution is -0.142. The van der Waals surface area contributed by atoms with E-state index in [4.69, 9.17) is 0 Å². The SMILES string of the molecule is Cc1ccc(Sc2cc(C(F)(F)F)nc3c(C(F)(F)F)cccc23)cc1. The van der Waals surface area contributed by atoms with Gasteiger partial charge >= 0.3 is 12.4 Å². The fourth-order valence-corrected chi connectivity index (χ4v) is 3.38. The molecule has 0 atom stereocenters. The maximum atomic E-state index is 13.2. The predicted octanol–water partition coefficient (Wildman–Crippen LogP) is 6.73. The molecule has 0 bridgehead atoms. The summed E-state index contributed by atoms with van der Waals surface area (Å²) in [6, 6.07) is 11.0. The van der Waals surface area contributed by atoms with E-state index < -0.39 is 29.1 Å². The molecule has 0 aliphatic heterocycles. The van der Waals surface area contributed by atoms with Gasteiger partial charge in [-0.2, -0.15) is 26.3 Å². The van der Waals surface area contributed by atoms with Crippen LogP contribution in [0.1, 0.15) is 16.8 Å². The summed E-state index contributed by atoms with van der Waals surface area (Å²) in [5.74, 6) is 0. The number of benzene rings is 2. The van der Waals surface area contributed by atoms with Gasteiger partial charge in [0.1, 0.15) is 5.69 Å². The predicted molar refractivity (Wildman–Crippen MR) is 87.0 cm³/mol. The minimum atomic E-state index is -4.85. The maximum Gasteiger partial charge on any atom is 0.433 e. The van der Waals surface area contributed by atoms with Crippen molar-refractivity contribution >= 4 is 22.7 Å². The molecule has 0 aliphatic rings. The van der Waals surface area contributed by atoms with Crippen LogP contribution in [0.5, 0.6) is 0 Å². The Hall–Kier alpha value is -2.22. The highest BCUT2D eigenvalue weighted by Crippen LogP contribution is 2.41. The van der Waals surface area contributed by atoms with Crippen molar-refractivity contribution in [3.05, 3.63) is 65.4 Å². The number of aryl methyl sites for hydroxylation is 1. The Morgan fingerprint density at radius 2 is 1.50 bits per heavy atom. The topological polar surface area (TPSA) is 12.9 Å². The number of hydrogen-bond acceptors (Lipinski definition) is 2. The molecule has 0 spiro atoms. The average Bonchev–Trinajstić information content (AvgIpc) is 2.54. The lowest BCUT2D eigenvalue weighted by Gasteiger charge is -2.15. The standard InChI is InChI=1S/C18H11F6NS/c1-10-5-7-11(8-6-10)26-14-9-15(18(22,23)24)25-16-12(14)3-2-4-13(16)17(19,20)21/h2-9H,1H3. The van der Waals surface area contributed by atoms with E-state index >= 15 is 0 Å². The Kier molecular flexibility index (Phi) is 4.64. The van der Waals surface area contributed by atoms with E-state index in [0.717, 1.165) is 29.5 Å². The third-order valence-corrected chi connectivity index (χ3v) is 4.71. The molecule has 1 nitrogen and oxygen atoms in total. The minimum absolute atomic E-state index is 0.0263. The molecule has 1 heterocycles. The Bertz CT molecular complexity index is 945. The minimum Gasteiger partial charge on any atom is -0.243 e. The van der Waals surface area contributed by atoms with Gasteiger partial charge in [0.2, 0.25) is 0 Å². The fraction of sp³-hybridized carbons (Fsp3) is 0.167. The van der Waals surface area contributed by atoms with Crippen LogP contribution in [-0.4, -0.2) is 4.98 Å². The number of nitrogens with zero attached hydrogens (tertiary/aromatic N) is 1. The number of rotatable bonds is 2. The smallest absolute Gasteiger partial charge is 0.243 e. The van der Waals surface area contributed by atoms with Gasteiger partial charge in [0, 0.05) is 15.2 Å². The molecule has 26 heavy (non-hydrogen) atoms. The molecule has 0 amide bonds. The van der Waals surface area contributed by atoms with Gasteiger partial charge in [-0.1, -0.05) is 41.6 Å². The number of hydrogen-bond donors (Lipinski definition) is 0. The van der Waals surface area contributed by atoms with Crippen molar-refractivity contribution in [3.8, 4) is 0 Å². The van der Waals surface area contributed by atoms with Crippen molar-refractivity contribution in [1.29, 1.82) is 0 Å². The molecular formula is C18H11F6NS. The van der Waals surface area contributed by atoms with Crippen LogP contribution in [0, 0.1) is 6.92 Å². The molecule has 0 N–H and O–H groups in total. The van der Waals surface area contributed by atoms with Crippen molar-refractivity contribution in [1.82, 2.24) is 4.98 Å². The quantitative estimate of drug-likeness (QED) is 0.452. The number of alkyl halides is 6. The largest absolute Gasteiger partial charge is 0.433 e. The van der Waals surface area contributed by atoms with Crippen LogP contribution in [0.25, 0.3) is 10.9 Å². The van der Waals surface area contributed by atoms with E-state index in [1.807, 2.05) is 6.92 Å². The highest BCUT2D eigenvalue weighted by atomic mass is 32.2. The molecule has 0 unspecified atom stereocenters. The van der Waals surface area contributed by atoms with Gasteiger partial charge in [0.25, 0.3) is 0 Å². The molecule has 136 valence electrons. The zero-order valence-electron chi connectivity index (χ0n) is 13.2. The van der Waals surface area contributed by atoms with Crippen LogP contribution in [-0.2, 0) is 12.4 Å². The summed E-state index contributed by atoms with van der Waals surface area (Å²) in [6.07, 6.45) is -9.65.